The molecule has 0 heterocycles. The molecule has 0 aliphatic carbocycles. The third kappa shape index (κ3) is 8.05. The minimum absolute atomic E-state index is 0.000176. The molecule has 5 heteroatoms. The second-order valence-corrected chi connectivity index (χ2v) is 7.67. The number of halogens is 3. The first kappa shape index (κ1) is 20.7. The van der Waals surface area contributed by atoms with Gasteiger partial charge in [0.15, 0.2) is 0 Å². The van der Waals surface area contributed by atoms with E-state index in [0.717, 1.165) is 6.42 Å². The third-order valence-electron chi connectivity index (χ3n) is 4.57. The van der Waals surface area contributed by atoms with Crippen LogP contribution in [0.25, 0.3) is 0 Å². The largest absolute Gasteiger partial charge is 0.411 e. The topological polar surface area (TPSA) is 18.5 Å². The van der Waals surface area contributed by atoms with Crippen molar-refractivity contribution in [2.24, 2.45) is 22.7 Å². The quantitative estimate of drug-likeness (QED) is 0.449. The molecule has 0 N–H and O–H groups in total. The molecule has 0 saturated heterocycles. The molecule has 0 spiro atoms. The molecule has 0 aliphatic heterocycles. The van der Waals surface area contributed by atoms with E-state index in [0.29, 0.717) is 18.4 Å². The Morgan fingerprint density at radius 1 is 0.857 bits per heavy atom. The highest BCUT2D eigenvalue weighted by Crippen LogP contribution is 2.44. The van der Waals surface area contributed by atoms with Crippen LogP contribution in [0.3, 0.4) is 0 Å². The van der Waals surface area contributed by atoms with Crippen LogP contribution < -0.4 is 0 Å². The third-order valence-corrected chi connectivity index (χ3v) is 4.57. The van der Waals surface area contributed by atoms with E-state index in [9.17, 15) is 13.2 Å². The summed E-state index contributed by atoms with van der Waals surface area (Å²) in [5.41, 5.74) is -0.113. The summed E-state index contributed by atoms with van der Waals surface area (Å²) in [7, 11) is 0. The van der Waals surface area contributed by atoms with Crippen LogP contribution in [0.1, 0.15) is 54.9 Å². The van der Waals surface area contributed by atoms with Gasteiger partial charge in [0.05, 0.1) is 6.61 Å². The molecule has 0 radical (unpaired) electrons. The van der Waals surface area contributed by atoms with Gasteiger partial charge in [0.1, 0.15) is 13.4 Å². The predicted octanol–water partition coefficient (Wildman–Crippen LogP) is 5.27. The van der Waals surface area contributed by atoms with E-state index in [1.807, 2.05) is 0 Å². The monoisotopic (exact) mass is 312 g/mol. The summed E-state index contributed by atoms with van der Waals surface area (Å²) in [6, 6.07) is 0. The maximum Gasteiger partial charge on any atom is 0.411 e. The highest BCUT2D eigenvalue weighted by molar-refractivity contribution is 4.88. The Morgan fingerprint density at radius 3 is 1.71 bits per heavy atom. The van der Waals surface area contributed by atoms with Crippen molar-refractivity contribution in [3.05, 3.63) is 0 Å². The van der Waals surface area contributed by atoms with E-state index in [4.69, 9.17) is 4.74 Å². The first-order valence-electron chi connectivity index (χ1n) is 7.51. The smallest absolute Gasteiger partial charge is 0.355 e. The van der Waals surface area contributed by atoms with Gasteiger partial charge in [-0.25, -0.2) is 0 Å². The lowest BCUT2D eigenvalue weighted by Gasteiger charge is -2.44. The van der Waals surface area contributed by atoms with Gasteiger partial charge >= 0.3 is 6.18 Å². The molecule has 2 nitrogen and oxygen atoms in total. The van der Waals surface area contributed by atoms with Gasteiger partial charge in [0.2, 0.25) is 0 Å². The molecule has 0 fully saturated rings. The molecular formula is C16H31F3O2. The van der Waals surface area contributed by atoms with Gasteiger partial charge < -0.3 is 9.47 Å². The molecule has 0 aromatic rings. The molecule has 2 atom stereocenters. The summed E-state index contributed by atoms with van der Waals surface area (Å²) >= 11 is 0. The zero-order valence-electron chi connectivity index (χ0n) is 14.4. The van der Waals surface area contributed by atoms with Gasteiger partial charge in [0.25, 0.3) is 0 Å². The Hall–Kier alpha value is -0.290. The van der Waals surface area contributed by atoms with Crippen LogP contribution >= 0.6 is 0 Å². The molecule has 0 aliphatic rings. The van der Waals surface area contributed by atoms with Crippen LogP contribution in [0.2, 0.25) is 0 Å². The summed E-state index contributed by atoms with van der Waals surface area (Å²) in [6.45, 7) is 13.9. The first-order valence-corrected chi connectivity index (χ1v) is 7.51. The fourth-order valence-electron chi connectivity index (χ4n) is 2.01. The summed E-state index contributed by atoms with van der Waals surface area (Å²) < 4.78 is 45.8. The van der Waals surface area contributed by atoms with E-state index in [1.54, 1.807) is 0 Å². The SMILES string of the molecule is CC(C)C(C)CC(C)(COCOCC(F)(F)F)C(C)(C)C. The minimum Gasteiger partial charge on any atom is -0.355 e. The Labute approximate surface area is 127 Å². The molecule has 128 valence electrons. The van der Waals surface area contributed by atoms with E-state index >= 15 is 0 Å². The van der Waals surface area contributed by atoms with E-state index in [1.165, 1.54) is 0 Å². The Balaban J connectivity index is 4.45. The first-order chi connectivity index (χ1) is 9.28. The van der Waals surface area contributed by atoms with Crippen molar-refractivity contribution in [1.82, 2.24) is 0 Å². The van der Waals surface area contributed by atoms with Crippen molar-refractivity contribution in [1.29, 1.82) is 0 Å². The van der Waals surface area contributed by atoms with Crippen LogP contribution in [-0.4, -0.2) is 26.2 Å². The van der Waals surface area contributed by atoms with Crippen molar-refractivity contribution < 1.29 is 22.6 Å². The average molecular weight is 312 g/mol. The summed E-state index contributed by atoms with van der Waals surface area (Å²) in [5, 5.41) is 0. The summed E-state index contributed by atoms with van der Waals surface area (Å²) in [6.07, 6.45) is -3.34. The zero-order chi connectivity index (χ0) is 16.9. The predicted molar refractivity (Wildman–Crippen MR) is 79.0 cm³/mol. The number of hydrogen-bond donors (Lipinski definition) is 0. The molecule has 0 rings (SSSR count). The average Bonchev–Trinajstić information content (AvgIpc) is 2.25. The van der Waals surface area contributed by atoms with Gasteiger partial charge in [0, 0.05) is 0 Å². The lowest BCUT2D eigenvalue weighted by atomic mass is 9.63. The van der Waals surface area contributed by atoms with Crippen LogP contribution in [-0.2, 0) is 9.47 Å². The van der Waals surface area contributed by atoms with E-state index in [2.05, 4.69) is 53.2 Å². The highest BCUT2D eigenvalue weighted by atomic mass is 19.4. The second-order valence-electron chi connectivity index (χ2n) is 7.67. The normalized spacial score (nSPS) is 17.9. The van der Waals surface area contributed by atoms with Crippen molar-refractivity contribution >= 4 is 0 Å². The van der Waals surface area contributed by atoms with Crippen molar-refractivity contribution in [3.63, 3.8) is 0 Å². The fourth-order valence-corrected chi connectivity index (χ4v) is 2.01. The van der Waals surface area contributed by atoms with Gasteiger partial charge in [-0.15, -0.1) is 0 Å². The molecule has 0 amide bonds. The number of ether oxygens (including phenoxy) is 2. The highest BCUT2D eigenvalue weighted by Gasteiger charge is 2.39. The van der Waals surface area contributed by atoms with Crippen molar-refractivity contribution in [3.8, 4) is 0 Å². The molecule has 0 bridgehead atoms. The molecule has 2 unspecified atom stereocenters. The molecule has 21 heavy (non-hydrogen) atoms. The molecular weight excluding hydrogens is 281 g/mol. The Kier molecular flexibility index (Phi) is 7.71. The number of hydrogen-bond acceptors (Lipinski definition) is 2. The fraction of sp³-hybridized carbons (Fsp3) is 1.00. The van der Waals surface area contributed by atoms with E-state index in [-0.39, 0.29) is 17.6 Å². The minimum atomic E-state index is -4.30. The van der Waals surface area contributed by atoms with Crippen molar-refractivity contribution in [2.75, 3.05) is 20.0 Å². The van der Waals surface area contributed by atoms with Crippen LogP contribution in [0.4, 0.5) is 13.2 Å². The Bertz CT molecular complexity index is 295. The van der Waals surface area contributed by atoms with Gasteiger partial charge in [-0.3, -0.25) is 0 Å². The lowest BCUT2D eigenvalue weighted by Crippen LogP contribution is -2.39. The van der Waals surface area contributed by atoms with Crippen LogP contribution in [0.15, 0.2) is 0 Å². The molecule has 0 aromatic carbocycles. The number of alkyl halides is 3. The Morgan fingerprint density at radius 2 is 1.33 bits per heavy atom. The number of rotatable bonds is 8. The maximum atomic E-state index is 12.0. The van der Waals surface area contributed by atoms with Crippen LogP contribution in [0.5, 0.6) is 0 Å². The second kappa shape index (κ2) is 7.82. The summed E-state index contributed by atoms with van der Waals surface area (Å²) in [5.74, 6) is 1.09. The molecule has 0 saturated carbocycles. The molecule has 0 aromatic heterocycles. The summed E-state index contributed by atoms with van der Waals surface area (Å²) in [4.78, 5) is 0. The van der Waals surface area contributed by atoms with Gasteiger partial charge in [-0.05, 0) is 29.1 Å². The van der Waals surface area contributed by atoms with Crippen LogP contribution in [0, 0.1) is 22.7 Å². The lowest BCUT2D eigenvalue weighted by molar-refractivity contribution is -0.203. The maximum absolute atomic E-state index is 12.0. The zero-order valence-corrected chi connectivity index (χ0v) is 14.4. The van der Waals surface area contributed by atoms with Gasteiger partial charge in [-0.1, -0.05) is 48.5 Å². The van der Waals surface area contributed by atoms with E-state index < -0.39 is 12.8 Å². The standard InChI is InChI=1S/C16H31F3O2/c1-12(2)13(3)8-15(7,14(4,5)6)9-20-11-21-10-16(17,18)19/h12-13H,8-11H2,1-7H3. The van der Waals surface area contributed by atoms with Crippen molar-refractivity contribution in [2.45, 2.75) is 61.1 Å². The van der Waals surface area contributed by atoms with Gasteiger partial charge in [-0.2, -0.15) is 13.2 Å².